The summed E-state index contributed by atoms with van der Waals surface area (Å²) in [6.07, 6.45) is 3.64. The van der Waals surface area contributed by atoms with Crippen LogP contribution in [0.4, 0.5) is 11.4 Å². The van der Waals surface area contributed by atoms with E-state index in [1.165, 1.54) is 0 Å². The fourth-order valence-corrected chi connectivity index (χ4v) is 1.76. The molecule has 1 heterocycles. The third-order valence-corrected chi connectivity index (χ3v) is 2.88. The molecule has 88 valence electrons. The Labute approximate surface area is 102 Å². The Balaban J connectivity index is 2.19. The molecule has 2 aromatic rings. The molecule has 3 nitrogen and oxygen atoms in total. The van der Waals surface area contributed by atoms with Crippen molar-refractivity contribution < 1.29 is 0 Å². The molecular weight excluding hydrogens is 210 g/mol. The highest BCUT2D eigenvalue weighted by Crippen LogP contribution is 2.26. The Hall–Kier alpha value is -2.03. The first-order valence-corrected chi connectivity index (χ1v) is 5.70. The number of aryl methyl sites for hydroxylation is 1. The predicted octanol–water partition coefficient (Wildman–Crippen LogP) is 3.15. The molecule has 0 aliphatic rings. The molecule has 1 atom stereocenters. The lowest BCUT2D eigenvalue weighted by atomic mass is 10.1. The number of rotatable bonds is 3. The number of hydrogen-bond acceptors (Lipinski definition) is 3. The summed E-state index contributed by atoms with van der Waals surface area (Å²) in [5.74, 6) is 0. The highest BCUT2D eigenvalue weighted by Gasteiger charge is 2.07. The van der Waals surface area contributed by atoms with Gasteiger partial charge in [-0.25, -0.2) is 0 Å². The number of benzene rings is 1. The third kappa shape index (κ3) is 2.56. The van der Waals surface area contributed by atoms with Gasteiger partial charge in [-0.05, 0) is 37.1 Å². The van der Waals surface area contributed by atoms with E-state index in [-0.39, 0.29) is 6.04 Å². The topological polar surface area (TPSA) is 50.9 Å². The quantitative estimate of drug-likeness (QED) is 0.792. The van der Waals surface area contributed by atoms with Crippen LogP contribution in [0.2, 0.25) is 0 Å². The van der Waals surface area contributed by atoms with Gasteiger partial charge in [0, 0.05) is 12.4 Å². The first-order chi connectivity index (χ1) is 8.18. The summed E-state index contributed by atoms with van der Waals surface area (Å²) >= 11 is 0. The summed E-state index contributed by atoms with van der Waals surface area (Å²) in [7, 11) is 0. The van der Waals surface area contributed by atoms with E-state index in [0.717, 1.165) is 22.5 Å². The van der Waals surface area contributed by atoms with Crippen LogP contribution in [0.15, 0.2) is 42.7 Å². The molecule has 0 aliphatic heterocycles. The molecule has 3 N–H and O–H groups in total. The molecule has 1 unspecified atom stereocenters. The summed E-state index contributed by atoms with van der Waals surface area (Å²) in [4.78, 5) is 4.12. The van der Waals surface area contributed by atoms with Crippen LogP contribution in [0.1, 0.15) is 24.1 Å². The van der Waals surface area contributed by atoms with Crippen LogP contribution in [-0.4, -0.2) is 4.98 Å². The highest BCUT2D eigenvalue weighted by atomic mass is 14.9. The second-order valence-corrected chi connectivity index (χ2v) is 4.19. The molecule has 3 heteroatoms. The molecule has 1 aromatic carbocycles. The number of hydrogen-bond donors (Lipinski definition) is 2. The summed E-state index contributed by atoms with van der Waals surface area (Å²) < 4.78 is 0. The van der Waals surface area contributed by atoms with Crippen molar-refractivity contribution in [1.82, 2.24) is 4.98 Å². The van der Waals surface area contributed by atoms with Crippen molar-refractivity contribution in [2.75, 3.05) is 11.1 Å². The van der Waals surface area contributed by atoms with Gasteiger partial charge in [0.15, 0.2) is 0 Å². The van der Waals surface area contributed by atoms with Crippen LogP contribution < -0.4 is 11.1 Å². The molecule has 0 radical (unpaired) electrons. The van der Waals surface area contributed by atoms with Gasteiger partial charge in [-0.2, -0.15) is 0 Å². The van der Waals surface area contributed by atoms with Gasteiger partial charge in [0.25, 0.3) is 0 Å². The number of anilines is 2. The predicted molar refractivity (Wildman–Crippen MR) is 71.9 cm³/mol. The standard InChI is InChI=1S/C14H17N3/c1-10-5-3-7-13(14(10)15)17-11(2)12-6-4-8-16-9-12/h3-9,11,17H,15H2,1-2H3. The Morgan fingerprint density at radius 2 is 2.06 bits per heavy atom. The van der Waals surface area contributed by atoms with Crippen LogP contribution in [0.25, 0.3) is 0 Å². The minimum Gasteiger partial charge on any atom is -0.397 e. The van der Waals surface area contributed by atoms with Crippen molar-refractivity contribution >= 4 is 11.4 Å². The highest BCUT2D eigenvalue weighted by molar-refractivity contribution is 5.70. The molecule has 0 bridgehead atoms. The number of pyridine rings is 1. The van der Waals surface area contributed by atoms with Gasteiger partial charge in [0.05, 0.1) is 17.4 Å². The molecule has 17 heavy (non-hydrogen) atoms. The van der Waals surface area contributed by atoms with Gasteiger partial charge >= 0.3 is 0 Å². The maximum Gasteiger partial charge on any atom is 0.0581 e. The average molecular weight is 227 g/mol. The lowest BCUT2D eigenvalue weighted by molar-refractivity contribution is 0.876. The minimum atomic E-state index is 0.188. The maximum absolute atomic E-state index is 6.03. The lowest BCUT2D eigenvalue weighted by Gasteiger charge is -2.17. The Bertz CT molecular complexity index is 494. The second-order valence-electron chi connectivity index (χ2n) is 4.19. The molecule has 0 saturated carbocycles. The molecule has 0 aliphatic carbocycles. The van der Waals surface area contributed by atoms with E-state index in [2.05, 4.69) is 23.3 Å². The number of nitrogens with two attached hydrogens (primary N) is 1. The van der Waals surface area contributed by atoms with E-state index >= 15 is 0 Å². The first kappa shape index (κ1) is 11.5. The van der Waals surface area contributed by atoms with E-state index in [4.69, 9.17) is 5.73 Å². The number of nitrogens with zero attached hydrogens (tertiary/aromatic N) is 1. The van der Waals surface area contributed by atoms with Gasteiger partial charge in [-0.3, -0.25) is 4.98 Å². The van der Waals surface area contributed by atoms with Crippen molar-refractivity contribution in [3.8, 4) is 0 Å². The van der Waals surface area contributed by atoms with Gasteiger partial charge in [-0.15, -0.1) is 0 Å². The molecule has 0 spiro atoms. The number of nitrogens with one attached hydrogen (secondary N) is 1. The van der Waals surface area contributed by atoms with Crippen molar-refractivity contribution in [3.63, 3.8) is 0 Å². The van der Waals surface area contributed by atoms with Crippen LogP contribution in [-0.2, 0) is 0 Å². The van der Waals surface area contributed by atoms with Crippen molar-refractivity contribution in [1.29, 1.82) is 0 Å². The summed E-state index contributed by atoms with van der Waals surface area (Å²) in [6.45, 7) is 4.11. The van der Waals surface area contributed by atoms with E-state index in [1.54, 1.807) is 6.20 Å². The van der Waals surface area contributed by atoms with Gasteiger partial charge in [0.2, 0.25) is 0 Å². The van der Waals surface area contributed by atoms with Crippen LogP contribution in [0.5, 0.6) is 0 Å². The molecule has 1 aromatic heterocycles. The van der Waals surface area contributed by atoms with Crippen LogP contribution >= 0.6 is 0 Å². The monoisotopic (exact) mass is 227 g/mol. The third-order valence-electron chi connectivity index (χ3n) is 2.88. The van der Waals surface area contributed by atoms with Crippen LogP contribution in [0, 0.1) is 6.92 Å². The Morgan fingerprint density at radius 1 is 1.24 bits per heavy atom. The summed E-state index contributed by atoms with van der Waals surface area (Å²) in [5, 5.41) is 3.40. The fraction of sp³-hybridized carbons (Fsp3) is 0.214. The minimum absolute atomic E-state index is 0.188. The zero-order valence-electron chi connectivity index (χ0n) is 10.1. The summed E-state index contributed by atoms with van der Waals surface area (Å²) in [5.41, 5.74) is 10.1. The number of nitrogen functional groups attached to an aromatic ring is 1. The summed E-state index contributed by atoms with van der Waals surface area (Å²) in [6, 6.07) is 10.2. The SMILES string of the molecule is Cc1cccc(NC(C)c2cccnc2)c1N. The molecule has 0 amide bonds. The molecule has 2 rings (SSSR count). The Morgan fingerprint density at radius 3 is 2.76 bits per heavy atom. The van der Waals surface area contributed by atoms with Crippen LogP contribution in [0.3, 0.4) is 0 Å². The molecular formula is C14H17N3. The van der Waals surface area contributed by atoms with E-state index < -0.39 is 0 Å². The fourth-order valence-electron chi connectivity index (χ4n) is 1.76. The second kappa shape index (κ2) is 4.87. The van der Waals surface area contributed by atoms with E-state index in [1.807, 2.05) is 37.4 Å². The lowest BCUT2D eigenvalue weighted by Crippen LogP contribution is -2.09. The van der Waals surface area contributed by atoms with Crippen molar-refractivity contribution in [3.05, 3.63) is 53.9 Å². The maximum atomic E-state index is 6.03. The number of para-hydroxylation sites is 1. The Kier molecular flexibility index (Phi) is 3.28. The van der Waals surface area contributed by atoms with E-state index in [9.17, 15) is 0 Å². The van der Waals surface area contributed by atoms with Gasteiger partial charge in [0.1, 0.15) is 0 Å². The molecule has 0 fully saturated rings. The van der Waals surface area contributed by atoms with Crippen molar-refractivity contribution in [2.24, 2.45) is 0 Å². The largest absolute Gasteiger partial charge is 0.397 e. The smallest absolute Gasteiger partial charge is 0.0581 e. The number of aromatic nitrogens is 1. The van der Waals surface area contributed by atoms with Crippen molar-refractivity contribution in [2.45, 2.75) is 19.9 Å². The molecule has 0 saturated heterocycles. The van der Waals surface area contributed by atoms with Gasteiger partial charge in [-0.1, -0.05) is 18.2 Å². The average Bonchev–Trinajstić information content (AvgIpc) is 2.36. The van der Waals surface area contributed by atoms with Gasteiger partial charge < -0.3 is 11.1 Å². The first-order valence-electron chi connectivity index (χ1n) is 5.70. The zero-order chi connectivity index (χ0) is 12.3. The van der Waals surface area contributed by atoms with E-state index in [0.29, 0.717) is 0 Å². The zero-order valence-corrected chi connectivity index (χ0v) is 10.1. The normalized spacial score (nSPS) is 12.1.